The summed E-state index contributed by atoms with van der Waals surface area (Å²) in [5, 5.41) is 57.2. The number of nitrogens with zero attached hydrogens (tertiary/aromatic N) is 3. The fourth-order valence-corrected chi connectivity index (χ4v) is 2.30. The fourth-order valence-electron chi connectivity index (χ4n) is 2.30. The van der Waals surface area contributed by atoms with E-state index in [1.807, 2.05) is 0 Å². The number of nitrogens with one attached hydrogen (secondary N) is 1. The minimum atomic E-state index is -1.08. The van der Waals surface area contributed by atoms with E-state index in [0.29, 0.717) is 5.69 Å². The lowest BCUT2D eigenvalue weighted by atomic mass is 10.1. The molecule has 9 nitrogen and oxygen atoms in total. The van der Waals surface area contributed by atoms with Crippen LogP contribution in [0.15, 0.2) is 0 Å². The SMILES string of the molecule is OCC#Cc1c(CO)nnn1C[C@H]1N[C@H](CO)[C@@H](O)[C@@H]1O. The van der Waals surface area contributed by atoms with Gasteiger partial charge >= 0.3 is 0 Å². The Morgan fingerprint density at radius 1 is 1.14 bits per heavy atom. The summed E-state index contributed by atoms with van der Waals surface area (Å²) in [6.45, 7) is -0.841. The highest BCUT2D eigenvalue weighted by Gasteiger charge is 2.41. The van der Waals surface area contributed by atoms with Crippen molar-refractivity contribution in [2.24, 2.45) is 0 Å². The predicted octanol–water partition coefficient (Wildman–Crippen LogP) is -3.83. The second kappa shape index (κ2) is 6.95. The van der Waals surface area contributed by atoms with Crippen LogP contribution in [0.2, 0.25) is 0 Å². The maximum absolute atomic E-state index is 9.94. The molecule has 0 radical (unpaired) electrons. The predicted molar refractivity (Wildman–Crippen MR) is 69.7 cm³/mol. The van der Waals surface area contributed by atoms with E-state index in [1.165, 1.54) is 4.68 Å². The Hall–Kier alpha value is -1.54. The molecule has 1 aromatic heterocycles. The second-order valence-electron chi connectivity index (χ2n) is 4.73. The highest BCUT2D eigenvalue weighted by atomic mass is 16.3. The molecule has 0 aliphatic carbocycles. The van der Waals surface area contributed by atoms with Crippen LogP contribution in [-0.2, 0) is 13.2 Å². The van der Waals surface area contributed by atoms with Gasteiger partial charge in [-0.3, -0.25) is 0 Å². The van der Waals surface area contributed by atoms with Crippen molar-refractivity contribution in [1.82, 2.24) is 20.3 Å². The van der Waals surface area contributed by atoms with Gasteiger partial charge in [-0.05, 0) is 5.92 Å². The molecule has 2 heterocycles. The van der Waals surface area contributed by atoms with E-state index in [-0.39, 0.29) is 32.1 Å². The normalized spacial score (nSPS) is 28.4. The Morgan fingerprint density at radius 2 is 1.86 bits per heavy atom. The van der Waals surface area contributed by atoms with Gasteiger partial charge in [0, 0.05) is 0 Å². The van der Waals surface area contributed by atoms with E-state index >= 15 is 0 Å². The lowest BCUT2D eigenvalue weighted by molar-refractivity contribution is 0.0175. The van der Waals surface area contributed by atoms with Crippen LogP contribution in [0, 0.1) is 11.8 Å². The quantitative estimate of drug-likeness (QED) is 0.310. The maximum Gasteiger partial charge on any atom is 0.137 e. The number of hydrogen-bond acceptors (Lipinski definition) is 8. The summed E-state index contributed by atoms with van der Waals surface area (Å²) in [5.74, 6) is 5.10. The monoisotopic (exact) mass is 298 g/mol. The van der Waals surface area contributed by atoms with Gasteiger partial charge in [-0.25, -0.2) is 4.68 Å². The first-order chi connectivity index (χ1) is 10.1. The van der Waals surface area contributed by atoms with Crippen molar-refractivity contribution in [3.05, 3.63) is 11.4 Å². The third kappa shape index (κ3) is 3.21. The van der Waals surface area contributed by atoms with E-state index < -0.39 is 24.3 Å². The molecule has 116 valence electrons. The third-order valence-corrected chi connectivity index (χ3v) is 3.41. The molecule has 0 bridgehead atoms. The first-order valence-electron chi connectivity index (χ1n) is 6.48. The zero-order valence-corrected chi connectivity index (χ0v) is 11.2. The molecule has 1 aliphatic heterocycles. The van der Waals surface area contributed by atoms with Crippen LogP contribution in [0.25, 0.3) is 0 Å². The number of aliphatic hydroxyl groups is 5. The van der Waals surface area contributed by atoms with Gasteiger partial charge in [-0.1, -0.05) is 11.1 Å². The van der Waals surface area contributed by atoms with Gasteiger partial charge in [0.1, 0.15) is 18.0 Å². The average molecular weight is 298 g/mol. The number of aliphatic hydroxyl groups excluding tert-OH is 5. The van der Waals surface area contributed by atoms with Crippen molar-refractivity contribution in [3.8, 4) is 11.8 Å². The molecule has 2 rings (SSSR count). The maximum atomic E-state index is 9.94. The van der Waals surface area contributed by atoms with Gasteiger partial charge in [0.05, 0.1) is 44.1 Å². The second-order valence-corrected chi connectivity index (χ2v) is 4.73. The Kier molecular flexibility index (Phi) is 5.24. The van der Waals surface area contributed by atoms with Crippen molar-refractivity contribution in [2.75, 3.05) is 13.2 Å². The lowest BCUT2D eigenvalue weighted by Gasteiger charge is -2.15. The van der Waals surface area contributed by atoms with E-state index in [9.17, 15) is 15.3 Å². The molecular weight excluding hydrogens is 280 g/mol. The van der Waals surface area contributed by atoms with Gasteiger partial charge in [-0.2, -0.15) is 0 Å². The van der Waals surface area contributed by atoms with E-state index in [4.69, 9.17) is 10.2 Å². The molecule has 9 heteroatoms. The van der Waals surface area contributed by atoms with Crippen molar-refractivity contribution in [3.63, 3.8) is 0 Å². The first kappa shape index (κ1) is 15.8. The Bertz CT molecular complexity index is 537. The summed E-state index contributed by atoms with van der Waals surface area (Å²) in [6, 6.07) is -1.15. The highest BCUT2D eigenvalue weighted by Crippen LogP contribution is 2.16. The fraction of sp³-hybridized carbons (Fsp3) is 0.667. The molecule has 6 N–H and O–H groups in total. The molecule has 0 amide bonds. The summed E-state index contributed by atoms with van der Waals surface area (Å²) in [4.78, 5) is 0. The summed E-state index contributed by atoms with van der Waals surface area (Å²) in [5.41, 5.74) is 0.602. The zero-order valence-electron chi connectivity index (χ0n) is 11.2. The summed E-state index contributed by atoms with van der Waals surface area (Å²) in [7, 11) is 0. The minimum Gasteiger partial charge on any atom is -0.395 e. The topological polar surface area (TPSA) is 144 Å². The van der Waals surface area contributed by atoms with Gasteiger partial charge in [0.25, 0.3) is 0 Å². The standard InChI is InChI=1S/C12H18N4O5/c17-3-1-2-10-8(5-18)14-15-16(10)4-7-11(20)12(21)9(6-19)13-7/h7,9,11-13,17-21H,3-6H2/t7-,9-,11-,12-/m1/s1. The van der Waals surface area contributed by atoms with Crippen molar-refractivity contribution in [2.45, 2.75) is 37.4 Å². The van der Waals surface area contributed by atoms with Crippen LogP contribution in [0.1, 0.15) is 11.4 Å². The molecule has 0 spiro atoms. The molecule has 21 heavy (non-hydrogen) atoms. The van der Waals surface area contributed by atoms with E-state index in [2.05, 4.69) is 27.5 Å². The van der Waals surface area contributed by atoms with Crippen LogP contribution in [0.5, 0.6) is 0 Å². The van der Waals surface area contributed by atoms with Crippen molar-refractivity contribution >= 4 is 0 Å². The molecule has 4 atom stereocenters. The molecule has 0 saturated carbocycles. The average Bonchev–Trinajstić information content (AvgIpc) is 3.00. The lowest BCUT2D eigenvalue weighted by Crippen LogP contribution is -2.38. The summed E-state index contributed by atoms with van der Waals surface area (Å²) >= 11 is 0. The third-order valence-electron chi connectivity index (χ3n) is 3.41. The zero-order chi connectivity index (χ0) is 15.4. The molecule has 0 unspecified atom stereocenters. The van der Waals surface area contributed by atoms with Gasteiger partial charge in [0.15, 0.2) is 0 Å². The number of aromatic nitrogens is 3. The molecule has 1 saturated heterocycles. The summed E-state index contributed by atoms with van der Waals surface area (Å²) < 4.78 is 1.38. The largest absolute Gasteiger partial charge is 0.395 e. The van der Waals surface area contributed by atoms with Crippen LogP contribution >= 0.6 is 0 Å². The molecular formula is C12H18N4O5. The van der Waals surface area contributed by atoms with Crippen molar-refractivity contribution < 1.29 is 25.5 Å². The highest BCUT2D eigenvalue weighted by molar-refractivity contribution is 5.31. The van der Waals surface area contributed by atoms with Crippen LogP contribution in [0.3, 0.4) is 0 Å². The first-order valence-corrected chi connectivity index (χ1v) is 6.48. The van der Waals surface area contributed by atoms with Crippen LogP contribution < -0.4 is 5.32 Å². The Labute approximate surface area is 120 Å². The summed E-state index contributed by atoms with van der Waals surface area (Å²) in [6.07, 6.45) is -2.14. The molecule has 0 aromatic carbocycles. The smallest absolute Gasteiger partial charge is 0.137 e. The van der Waals surface area contributed by atoms with E-state index in [1.54, 1.807) is 0 Å². The Balaban J connectivity index is 2.18. The van der Waals surface area contributed by atoms with Crippen LogP contribution in [0.4, 0.5) is 0 Å². The van der Waals surface area contributed by atoms with Crippen LogP contribution in [-0.4, -0.2) is 78.0 Å². The minimum absolute atomic E-state index is 0.150. The molecule has 1 aromatic rings. The van der Waals surface area contributed by atoms with E-state index in [0.717, 1.165) is 0 Å². The molecule has 1 aliphatic rings. The van der Waals surface area contributed by atoms with Gasteiger partial charge in [0.2, 0.25) is 0 Å². The molecule has 1 fully saturated rings. The number of rotatable bonds is 4. The van der Waals surface area contributed by atoms with Gasteiger partial charge < -0.3 is 30.8 Å². The van der Waals surface area contributed by atoms with Crippen molar-refractivity contribution in [1.29, 1.82) is 0 Å². The Morgan fingerprint density at radius 3 is 2.43 bits per heavy atom. The number of hydrogen-bond donors (Lipinski definition) is 6. The van der Waals surface area contributed by atoms with Gasteiger partial charge in [-0.15, -0.1) is 5.10 Å².